The largest absolute Gasteiger partial charge is 0.497 e. The molecule has 0 bridgehead atoms. The second-order valence-electron chi connectivity index (χ2n) is 2.35. The van der Waals surface area contributed by atoms with Gasteiger partial charge >= 0.3 is 0 Å². The van der Waals surface area contributed by atoms with Gasteiger partial charge in [-0.1, -0.05) is 0 Å². The second-order valence-corrected chi connectivity index (χ2v) is 2.35. The van der Waals surface area contributed by atoms with Crippen LogP contribution >= 0.6 is 0 Å². The fourth-order valence-corrected chi connectivity index (χ4v) is 0.948. The molecule has 0 fully saturated rings. The Morgan fingerprint density at radius 1 is 1.08 bits per heavy atom. The topological polar surface area (TPSA) is 65.7 Å². The molecule has 0 spiro atoms. The summed E-state index contributed by atoms with van der Waals surface area (Å²) in [5, 5.41) is 14.0. The molecular formula is C7H7N5O. The first-order valence-corrected chi connectivity index (χ1v) is 3.66. The molecule has 0 aliphatic carbocycles. The third-order valence-electron chi connectivity index (χ3n) is 1.59. The van der Waals surface area contributed by atoms with Crippen molar-refractivity contribution in [3.8, 4) is 11.4 Å². The van der Waals surface area contributed by atoms with Crippen LogP contribution in [0.25, 0.3) is 5.69 Å². The van der Waals surface area contributed by atoms with Crippen molar-refractivity contribution in [1.82, 2.24) is 25.7 Å². The maximum Gasteiger partial charge on any atom is 0.119 e. The second kappa shape index (κ2) is 3.18. The summed E-state index contributed by atoms with van der Waals surface area (Å²) < 4.78 is 5.01. The van der Waals surface area contributed by atoms with Gasteiger partial charge in [-0.25, -0.2) is 0 Å². The number of aromatic nitrogens is 5. The van der Waals surface area contributed by atoms with Crippen molar-refractivity contribution in [2.75, 3.05) is 7.11 Å². The van der Waals surface area contributed by atoms with E-state index in [-0.39, 0.29) is 0 Å². The molecule has 6 nitrogen and oxygen atoms in total. The minimum atomic E-state index is 0.789. The van der Waals surface area contributed by atoms with Crippen LogP contribution in [0, 0.1) is 0 Å². The standard InChI is InChI=1S/C7H7N5O/c1-13-7-4-2-6(3-5-7)12-10-8-9-11-12/h2-5H,1H3/i8+1. The lowest BCUT2D eigenvalue weighted by atomic mass is 10.3. The van der Waals surface area contributed by atoms with Gasteiger partial charge in [0.15, 0.2) is 0 Å². The zero-order valence-corrected chi connectivity index (χ0v) is 6.95. The molecule has 0 aliphatic heterocycles. The summed E-state index contributed by atoms with van der Waals surface area (Å²) in [6.45, 7) is 0. The fourth-order valence-electron chi connectivity index (χ4n) is 0.948. The summed E-state index contributed by atoms with van der Waals surface area (Å²) in [5.41, 5.74) is 0.797. The summed E-state index contributed by atoms with van der Waals surface area (Å²) in [4.78, 5) is 1.33. The first kappa shape index (κ1) is 7.66. The number of nitrogens with zero attached hydrogens (tertiary/aromatic N) is 5. The molecule has 0 saturated carbocycles. The summed E-state index contributed by atoms with van der Waals surface area (Å²) in [5.74, 6) is 0.789. The van der Waals surface area contributed by atoms with Gasteiger partial charge in [-0.15, -0.1) is 4.80 Å². The molecular weight excluding hydrogens is 171 g/mol. The molecule has 0 atom stereocenters. The molecule has 0 N–H and O–H groups in total. The Balaban J connectivity index is 2.33. The molecule has 1 aromatic carbocycles. The van der Waals surface area contributed by atoms with E-state index >= 15 is 0 Å². The number of ether oxygens (including phenoxy) is 1. The summed E-state index contributed by atoms with van der Waals surface area (Å²) in [6.07, 6.45) is 0. The van der Waals surface area contributed by atoms with Crippen molar-refractivity contribution in [3.63, 3.8) is 0 Å². The number of hydrogen-bond acceptors (Lipinski definition) is 5. The van der Waals surface area contributed by atoms with Crippen molar-refractivity contribution in [2.45, 2.75) is 0 Å². The number of benzene rings is 1. The smallest absolute Gasteiger partial charge is 0.119 e. The van der Waals surface area contributed by atoms with Crippen LogP contribution in [-0.4, -0.2) is 32.8 Å². The lowest BCUT2D eigenvalue weighted by Gasteiger charge is -1.99. The minimum Gasteiger partial charge on any atom is -0.497 e. The van der Waals surface area contributed by atoms with Crippen LogP contribution in [0.2, 0.25) is 0 Å². The molecule has 0 aliphatic rings. The first-order valence-electron chi connectivity index (χ1n) is 3.66. The number of rotatable bonds is 2. The molecule has 2 aromatic rings. The van der Waals surface area contributed by atoms with Gasteiger partial charge in [0.25, 0.3) is 0 Å². The highest BCUT2D eigenvalue weighted by Gasteiger charge is 1.98. The fraction of sp³-hybridized carbons (Fsp3) is 0.143. The van der Waals surface area contributed by atoms with E-state index < -0.39 is 0 Å². The monoisotopic (exact) mass is 178 g/mol. The van der Waals surface area contributed by atoms with Gasteiger partial charge in [0.05, 0.1) is 12.8 Å². The van der Waals surface area contributed by atoms with Crippen molar-refractivity contribution in [1.29, 1.82) is 0 Å². The number of methoxy groups -OCH3 is 1. The molecule has 0 saturated heterocycles. The Kier molecular flexibility index (Phi) is 1.87. The SMILES string of the molecule is COc1ccc(-n2nn[15n]n2)cc1. The van der Waals surface area contributed by atoms with E-state index in [1.54, 1.807) is 7.11 Å². The quantitative estimate of drug-likeness (QED) is 0.650. The normalized spacial score (nSPS) is 9.92. The highest BCUT2D eigenvalue weighted by molar-refractivity contribution is 5.35. The maximum absolute atomic E-state index is 5.01. The molecule has 6 heteroatoms. The Labute approximate surface area is 74.1 Å². The maximum atomic E-state index is 5.01. The van der Waals surface area contributed by atoms with Crippen LogP contribution < -0.4 is 4.74 Å². The van der Waals surface area contributed by atoms with Crippen LogP contribution in [-0.2, 0) is 0 Å². The Bertz CT molecular complexity index is 368. The van der Waals surface area contributed by atoms with Gasteiger partial charge in [0.1, 0.15) is 5.75 Å². The van der Waals surface area contributed by atoms with Crippen LogP contribution in [0.1, 0.15) is 0 Å². The van der Waals surface area contributed by atoms with E-state index in [0.717, 1.165) is 11.4 Å². The van der Waals surface area contributed by atoms with E-state index in [1.807, 2.05) is 24.3 Å². The predicted molar refractivity (Wildman–Crippen MR) is 43.5 cm³/mol. The number of hydrogen-bond donors (Lipinski definition) is 0. The average molecular weight is 178 g/mol. The van der Waals surface area contributed by atoms with Crippen LogP contribution in [0.15, 0.2) is 24.3 Å². The third kappa shape index (κ3) is 1.46. The van der Waals surface area contributed by atoms with Gasteiger partial charge in [0, 0.05) is 0 Å². The van der Waals surface area contributed by atoms with Crippen LogP contribution in [0.5, 0.6) is 5.75 Å². The highest BCUT2D eigenvalue weighted by atomic mass is 16.5. The van der Waals surface area contributed by atoms with E-state index in [9.17, 15) is 0 Å². The third-order valence-corrected chi connectivity index (χ3v) is 1.59. The van der Waals surface area contributed by atoms with Gasteiger partial charge in [-0.3, -0.25) is 0 Å². The minimum absolute atomic E-state index is 0.789. The Morgan fingerprint density at radius 3 is 2.23 bits per heavy atom. The Morgan fingerprint density at radius 2 is 1.69 bits per heavy atom. The first-order chi connectivity index (χ1) is 6.40. The molecule has 66 valence electrons. The zero-order valence-electron chi connectivity index (χ0n) is 6.95. The van der Waals surface area contributed by atoms with Crippen molar-refractivity contribution in [2.24, 2.45) is 0 Å². The molecule has 0 radical (unpaired) electrons. The lowest BCUT2D eigenvalue weighted by Crippen LogP contribution is -1.98. The van der Waals surface area contributed by atoms with Crippen LogP contribution in [0.3, 0.4) is 0 Å². The highest BCUT2D eigenvalue weighted by Crippen LogP contribution is 2.12. The van der Waals surface area contributed by atoms with E-state index in [0.29, 0.717) is 0 Å². The molecule has 1 heterocycles. The predicted octanol–water partition coefficient (Wildman–Crippen LogP) is 0.0659. The molecule has 1 aromatic heterocycles. The lowest BCUT2D eigenvalue weighted by molar-refractivity contribution is 0.414. The van der Waals surface area contributed by atoms with Gasteiger partial charge in [0.2, 0.25) is 0 Å². The van der Waals surface area contributed by atoms with Crippen molar-refractivity contribution < 1.29 is 4.74 Å². The van der Waals surface area contributed by atoms with Crippen molar-refractivity contribution in [3.05, 3.63) is 24.3 Å². The van der Waals surface area contributed by atoms with Gasteiger partial charge in [-0.05, 0) is 45.1 Å². The molecule has 0 amide bonds. The van der Waals surface area contributed by atoms with E-state index in [4.69, 9.17) is 4.74 Å². The molecule has 13 heavy (non-hydrogen) atoms. The van der Waals surface area contributed by atoms with E-state index in [1.165, 1.54) is 4.80 Å². The Hall–Kier alpha value is -1.98. The molecule has 0 unspecified atom stereocenters. The average Bonchev–Trinajstić information content (AvgIpc) is 2.71. The van der Waals surface area contributed by atoms with Crippen molar-refractivity contribution >= 4 is 0 Å². The summed E-state index contributed by atoms with van der Waals surface area (Å²) in [7, 11) is 1.62. The van der Waals surface area contributed by atoms with Crippen LogP contribution in [0.4, 0.5) is 0 Å². The summed E-state index contributed by atoms with van der Waals surface area (Å²) >= 11 is 0. The molecule has 2 rings (SSSR count). The zero-order chi connectivity index (χ0) is 9.10. The van der Waals surface area contributed by atoms with Gasteiger partial charge < -0.3 is 4.74 Å². The van der Waals surface area contributed by atoms with Gasteiger partial charge in [-0.2, -0.15) is 0 Å². The van der Waals surface area contributed by atoms with E-state index in [2.05, 4.69) is 20.9 Å². The summed E-state index contributed by atoms with van der Waals surface area (Å²) in [6, 6.07) is 7.28.